The summed E-state index contributed by atoms with van der Waals surface area (Å²) in [5, 5.41) is 14.7. The average Bonchev–Trinajstić information content (AvgIpc) is 3.17. The summed E-state index contributed by atoms with van der Waals surface area (Å²) in [4.78, 5) is 42.0. The maximum absolute atomic E-state index is 12.7. The normalized spacial score (nSPS) is 14.8. The van der Waals surface area contributed by atoms with Crippen LogP contribution in [0.4, 0.5) is 4.79 Å². The van der Waals surface area contributed by atoms with E-state index in [1.807, 2.05) is 30.3 Å². The number of hydrogen-bond donors (Lipinski definition) is 3. The topological polar surface area (TPSA) is 120 Å². The van der Waals surface area contributed by atoms with Crippen molar-refractivity contribution in [1.82, 2.24) is 24.8 Å². The van der Waals surface area contributed by atoms with Crippen molar-refractivity contribution >= 4 is 17.6 Å². The van der Waals surface area contributed by atoms with E-state index in [1.54, 1.807) is 0 Å². The van der Waals surface area contributed by atoms with Gasteiger partial charge in [0.1, 0.15) is 5.56 Å². The molecule has 0 bridgehead atoms. The highest BCUT2D eigenvalue weighted by atomic mass is 16.4. The molecule has 9 heteroatoms. The molecular weight excluding hydrogens is 374 g/mol. The van der Waals surface area contributed by atoms with Gasteiger partial charge in [-0.15, -0.1) is 0 Å². The molecule has 0 saturated carbocycles. The van der Waals surface area contributed by atoms with Crippen molar-refractivity contribution in [2.24, 2.45) is 5.92 Å². The van der Waals surface area contributed by atoms with Gasteiger partial charge in [0.25, 0.3) is 11.5 Å². The number of nitrogens with one attached hydrogen (secondary N) is 2. The highest BCUT2D eigenvalue weighted by Gasteiger charge is 2.23. The highest BCUT2D eigenvalue weighted by molar-refractivity contribution is 5.99. The van der Waals surface area contributed by atoms with Gasteiger partial charge in [0.15, 0.2) is 5.65 Å². The van der Waals surface area contributed by atoms with Gasteiger partial charge in [-0.1, -0.05) is 30.3 Å². The number of hydrogen-bond acceptors (Lipinski definition) is 4. The summed E-state index contributed by atoms with van der Waals surface area (Å²) in [7, 11) is 0. The lowest BCUT2D eigenvalue weighted by atomic mass is 9.97. The standard InChI is InChI=1S/C20H21N5O4/c26-17-10-16(14-4-2-1-3-5-14)23-18-15(12-22-25(17)18)19(27)21-11-13-6-8-24(9-7-13)20(28)29/h1-5,10,12-13,22H,6-9,11H2,(H,21,27)(H,28,29). The molecule has 150 valence electrons. The molecule has 0 radical (unpaired) electrons. The number of H-pyrrole nitrogens is 1. The van der Waals surface area contributed by atoms with Gasteiger partial charge in [-0.25, -0.2) is 14.3 Å². The number of aromatic amines is 1. The summed E-state index contributed by atoms with van der Waals surface area (Å²) < 4.78 is 1.24. The lowest BCUT2D eigenvalue weighted by Gasteiger charge is -2.29. The molecular formula is C20H21N5O4. The van der Waals surface area contributed by atoms with E-state index in [0.29, 0.717) is 43.7 Å². The molecule has 1 aliphatic rings. The molecule has 3 aromatic rings. The second-order valence-corrected chi connectivity index (χ2v) is 7.11. The van der Waals surface area contributed by atoms with E-state index in [-0.39, 0.29) is 23.0 Å². The van der Waals surface area contributed by atoms with Crippen LogP contribution in [0, 0.1) is 5.92 Å². The maximum atomic E-state index is 12.7. The van der Waals surface area contributed by atoms with Crippen LogP contribution >= 0.6 is 0 Å². The third-order valence-corrected chi connectivity index (χ3v) is 5.25. The largest absolute Gasteiger partial charge is 0.465 e. The summed E-state index contributed by atoms with van der Waals surface area (Å²) in [6, 6.07) is 10.7. The molecule has 1 fully saturated rings. The number of rotatable bonds is 4. The number of benzene rings is 1. The van der Waals surface area contributed by atoms with Crippen LogP contribution in [0.2, 0.25) is 0 Å². The number of piperidine rings is 1. The minimum Gasteiger partial charge on any atom is -0.465 e. The smallest absolute Gasteiger partial charge is 0.407 e. The van der Waals surface area contributed by atoms with E-state index in [4.69, 9.17) is 5.11 Å². The van der Waals surface area contributed by atoms with E-state index < -0.39 is 6.09 Å². The van der Waals surface area contributed by atoms with Crippen LogP contribution in [0.25, 0.3) is 16.9 Å². The number of amides is 2. The number of carboxylic acid groups (broad SMARTS) is 1. The molecule has 1 saturated heterocycles. The lowest BCUT2D eigenvalue weighted by Crippen LogP contribution is -2.40. The molecule has 2 aromatic heterocycles. The predicted octanol–water partition coefficient (Wildman–Crippen LogP) is 1.81. The first-order valence-corrected chi connectivity index (χ1v) is 9.45. The molecule has 2 amide bonds. The molecule has 0 spiro atoms. The molecule has 29 heavy (non-hydrogen) atoms. The highest BCUT2D eigenvalue weighted by Crippen LogP contribution is 2.18. The van der Waals surface area contributed by atoms with Gasteiger partial charge in [-0.05, 0) is 18.8 Å². The van der Waals surface area contributed by atoms with Gasteiger partial charge in [-0.2, -0.15) is 0 Å². The number of nitrogens with zero attached hydrogens (tertiary/aromatic N) is 3. The van der Waals surface area contributed by atoms with Crippen molar-refractivity contribution in [3.63, 3.8) is 0 Å². The van der Waals surface area contributed by atoms with Crippen molar-refractivity contribution in [2.45, 2.75) is 12.8 Å². The molecule has 1 aliphatic heterocycles. The van der Waals surface area contributed by atoms with Crippen LogP contribution in [0.15, 0.2) is 47.4 Å². The Morgan fingerprint density at radius 1 is 1.21 bits per heavy atom. The van der Waals surface area contributed by atoms with Crippen molar-refractivity contribution in [1.29, 1.82) is 0 Å². The first-order valence-electron chi connectivity index (χ1n) is 9.45. The van der Waals surface area contributed by atoms with Gasteiger partial charge in [0.05, 0.1) is 5.69 Å². The van der Waals surface area contributed by atoms with Gasteiger partial charge in [-0.3, -0.25) is 14.7 Å². The zero-order valence-corrected chi connectivity index (χ0v) is 15.7. The Balaban J connectivity index is 1.50. The van der Waals surface area contributed by atoms with Gasteiger partial charge < -0.3 is 15.3 Å². The summed E-state index contributed by atoms with van der Waals surface area (Å²) >= 11 is 0. The Labute approximate surface area is 166 Å². The van der Waals surface area contributed by atoms with Crippen LogP contribution in [-0.4, -0.2) is 56.2 Å². The van der Waals surface area contributed by atoms with Gasteiger partial charge in [0.2, 0.25) is 0 Å². The Kier molecular flexibility index (Phi) is 5.03. The number of fused-ring (bicyclic) bond motifs is 1. The number of carbonyl (C=O) groups is 2. The zero-order valence-electron chi connectivity index (χ0n) is 15.7. The van der Waals surface area contributed by atoms with Crippen LogP contribution in [-0.2, 0) is 0 Å². The third-order valence-electron chi connectivity index (χ3n) is 5.25. The molecule has 3 N–H and O–H groups in total. The number of aromatic nitrogens is 3. The quantitative estimate of drug-likeness (QED) is 0.622. The zero-order chi connectivity index (χ0) is 20.4. The van der Waals surface area contributed by atoms with E-state index in [9.17, 15) is 14.4 Å². The maximum Gasteiger partial charge on any atom is 0.407 e. The second kappa shape index (κ2) is 7.78. The predicted molar refractivity (Wildman–Crippen MR) is 106 cm³/mol. The van der Waals surface area contributed by atoms with Gasteiger partial charge in [0, 0.05) is 37.5 Å². The van der Waals surface area contributed by atoms with Crippen molar-refractivity contribution in [3.8, 4) is 11.3 Å². The SMILES string of the molecule is O=C(NCC1CCN(C(=O)O)CC1)c1c[nH]n2c(=O)cc(-c3ccccc3)nc12. The van der Waals surface area contributed by atoms with Crippen molar-refractivity contribution in [3.05, 3.63) is 58.5 Å². The monoisotopic (exact) mass is 395 g/mol. The average molecular weight is 395 g/mol. The van der Waals surface area contributed by atoms with E-state index in [2.05, 4.69) is 15.4 Å². The summed E-state index contributed by atoms with van der Waals surface area (Å²) in [6.07, 6.45) is 1.98. The first-order chi connectivity index (χ1) is 14.0. The molecule has 1 aromatic carbocycles. The third kappa shape index (κ3) is 3.84. The molecule has 3 heterocycles. The molecule has 4 rings (SSSR count). The Morgan fingerprint density at radius 2 is 1.93 bits per heavy atom. The van der Waals surface area contributed by atoms with Crippen molar-refractivity contribution in [2.75, 3.05) is 19.6 Å². The fraction of sp³-hybridized carbons (Fsp3) is 0.300. The van der Waals surface area contributed by atoms with Gasteiger partial charge >= 0.3 is 6.09 Å². The van der Waals surface area contributed by atoms with Crippen LogP contribution < -0.4 is 10.9 Å². The molecule has 0 aliphatic carbocycles. The van der Waals surface area contributed by atoms with E-state index in [1.165, 1.54) is 21.7 Å². The van der Waals surface area contributed by atoms with Crippen LogP contribution in [0.5, 0.6) is 0 Å². The summed E-state index contributed by atoms with van der Waals surface area (Å²) in [5.74, 6) is -0.100. The minimum atomic E-state index is -0.906. The lowest BCUT2D eigenvalue weighted by molar-refractivity contribution is 0.0930. The Hall–Kier alpha value is -3.62. The fourth-order valence-electron chi connectivity index (χ4n) is 3.57. The van der Waals surface area contributed by atoms with Crippen molar-refractivity contribution < 1.29 is 14.7 Å². The Bertz CT molecular complexity index is 1100. The van der Waals surface area contributed by atoms with Crippen LogP contribution in [0.1, 0.15) is 23.2 Å². The van der Waals surface area contributed by atoms with E-state index >= 15 is 0 Å². The fourth-order valence-corrected chi connectivity index (χ4v) is 3.57. The molecule has 0 atom stereocenters. The minimum absolute atomic E-state index is 0.218. The Morgan fingerprint density at radius 3 is 2.62 bits per heavy atom. The van der Waals surface area contributed by atoms with E-state index in [0.717, 1.165) is 5.56 Å². The number of carbonyl (C=O) groups excluding carboxylic acids is 1. The first kappa shape index (κ1) is 18.7. The molecule has 9 nitrogen and oxygen atoms in total. The van der Waals surface area contributed by atoms with Crippen LogP contribution in [0.3, 0.4) is 0 Å². The summed E-state index contributed by atoms with van der Waals surface area (Å²) in [6.45, 7) is 1.40. The second-order valence-electron chi connectivity index (χ2n) is 7.11. The number of likely N-dealkylation sites (tertiary alicyclic amines) is 1. The molecule has 0 unspecified atom stereocenters. The summed E-state index contributed by atoms with van der Waals surface area (Å²) in [5.41, 5.74) is 1.57.